The fourth-order valence-electron chi connectivity index (χ4n) is 5.69. The van der Waals surface area contributed by atoms with Crippen LogP contribution in [0, 0.1) is 10.8 Å². The molecule has 0 N–H and O–H groups in total. The summed E-state index contributed by atoms with van der Waals surface area (Å²) in [5.74, 6) is 0.0423. The van der Waals surface area contributed by atoms with Gasteiger partial charge < -0.3 is 4.90 Å². The van der Waals surface area contributed by atoms with Crippen LogP contribution in [0.4, 0.5) is 0 Å². The third-order valence-corrected chi connectivity index (χ3v) is 6.71. The van der Waals surface area contributed by atoms with Gasteiger partial charge in [-0.1, -0.05) is 57.3 Å². The van der Waals surface area contributed by atoms with Crippen molar-refractivity contribution in [3.8, 4) is 5.69 Å². The van der Waals surface area contributed by atoms with Gasteiger partial charge in [-0.05, 0) is 60.8 Å². The van der Waals surface area contributed by atoms with Crippen LogP contribution in [0.15, 0.2) is 24.3 Å². The van der Waals surface area contributed by atoms with Crippen molar-refractivity contribution in [1.82, 2.24) is 14.7 Å². The number of hydrogen-bond donors (Lipinski definition) is 0. The molecule has 1 amide bonds. The number of halogens is 2. The number of benzene rings is 1. The maximum absolute atomic E-state index is 13.5. The van der Waals surface area contributed by atoms with Gasteiger partial charge in [0.2, 0.25) is 0 Å². The Morgan fingerprint density at radius 2 is 1.83 bits per heavy atom. The summed E-state index contributed by atoms with van der Waals surface area (Å²) in [5, 5.41) is 5.82. The first-order chi connectivity index (χ1) is 13.6. The maximum atomic E-state index is 13.5. The molecule has 29 heavy (non-hydrogen) atoms. The molecule has 0 radical (unpaired) electrons. The minimum Gasteiger partial charge on any atom is -0.334 e. The summed E-state index contributed by atoms with van der Waals surface area (Å²) in [6.45, 7) is 9.91. The van der Waals surface area contributed by atoms with Crippen LogP contribution in [0.5, 0.6) is 0 Å². The highest BCUT2D eigenvalue weighted by Gasteiger charge is 2.51. The second-order valence-corrected chi connectivity index (χ2v) is 10.8. The van der Waals surface area contributed by atoms with Crippen LogP contribution in [0.3, 0.4) is 0 Å². The monoisotopic (exact) mass is 433 g/mol. The molecule has 0 spiro atoms. The first-order valence-electron chi connectivity index (χ1n) is 10.5. The molecule has 1 aromatic carbocycles. The Morgan fingerprint density at radius 1 is 1.14 bits per heavy atom. The summed E-state index contributed by atoms with van der Waals surface area (Å²) in [4.78, 5) is 15.5. The number of carbonyl (C=O) groups is 1. The van der Waals surface area contributed by atoms with Crippen LogP contribution >= 0.6 is 23.2 Å². The van der Waals surface area contributed by atoms with Crippen LogP contribution in [-0.4, -0.2) is 33.2 Å². The van der Waals surface area contributed by atoms with Crippen molar-refractivity contribution in [2.24, 2.45) is 10.8 Å². The van der Waals surface area contributed by atoms with Gasteiger partial charge in [-0.15, -0.1) is 0 Å². The molecule has 1 saturated heterocycles. The molecule has 2 aliphatic rings. The van der Waals surface area contributed by atoms with Crippen LogP contribution in [-0.2, 0) is 6.42 Å². The van der Waals surface area contributed by atoms with Crippen LogP contribution in [0.25, 0.3) is 5.69 Å². The Bertz CT molecular complexity index is 931. The molecule has 2 atom stereocenters. The first kappa shape index (κ1) is 20.7. The minimum absolute atomic E-state index is 0.0423. The molecular weight excluding hydrogens is 405 g/mol. The number of hydrogen-bond acceptors (Lipinski definition) is 2. The molecule has 1 aromatic heterocycles. The second-order valence-electron chi connectivity index (χ2n) is 9.96. The Balaban J connectivity index is 1.68. The smallest absolute Gasteiger partial charge is 0.274 e. The largest absolute Gasteiger partial charge is 0.334 e. The minimum atomic E-state index is 0.0423. The average molecular weight is 434 g/mol. The lowest BCUT2D eigenvalue weighted by atomic mass is 9.65. The zero-order valence-corrected chi connectivity index (χ0v) is 19.1. The Morgan fingerprint density at radius 3 is 2.48 bits per heavy atom. The third kappa shape index (κ3) is 4.06. The van der Waals surface area contributed by atoms with Crippen molar-refractivity contribution >= 4 is 29.1 Å². The molecule has 156 valence electrons. The predicted molar refractivity (Wildman–Crippen MR) is 118 cm³/mol. The van der Waals surface area contributed by atoms with Crippen LogP contribution in [0.1, 0.15) is 69.6 Å². The highest BCUT2D eigenvalue weighted by molar-refractivity contribution is 6.34. The molecule has 2 bridgehead atoms. The van der Waals surface area contributed by atoms with E-state index in [9.17, 15) is 4.79 Å². The number of fused-ring (bicyclic) bond motifs is 2. The SMILES string of the molecule is CCCc1cc(C(=O)N2CC3(C)CC2CC(C)(C)C3)nn1-c1cc(Cl)cc(Cl)c1. The normalized spacial score (nSPS) is 25.4. The fourth-order valence-corrected chi connectivity index (χ4v) is 6.20. The van der Waals surface area contributed by atoms with Gasteiger partial charge in [0.1, 0.15) is 0 Å². The lowest BCUT2D eigenvalue weighted by Crippen LogP contribution is -2.37. The lowest BCUT2D eigenvalue weighted by molar-refractivity contribution is 0.0702. The maximum Gasteiger partial charge on any atom is 0.274 e. The summed E-state index contributed by atoms with van der Waals surface area (Å²) < 4.78 is 1.82. The highest BCUT2D eigenvalue weighted by Crippen LogP contribution is 2.52. The zero-order valence-electron chi connectivity index (χ0n) is 17.6. The van der Waals surface area contributed by atoms with E-state index in [-0.39, 0.29) is 16.7 Å². The number of nitrogens with zero attached hydrogens (tertiary/aromatic N) is 3. The van der Waals surface area contributed by atoms with Crippen LogP contribution < -0.4 is 0 Å². The number of likely N-dealkylation sites (tertiary alicyclic amines) is 1. The Kier molecular flexibility index (Phi) is 5.23. The quantitative estimate of drug-likeness (QED) is 0.577. The Hall–Kier alpha value is -1.52. The van der Waals surface area contributed by atoms with Gasteiger partial charge in [-0.25, -0.2) is 4.68 Å². The number of amides is 1. The van der Waals surface area contributed by atoms with Crippen molar-refractivity contribution in [2.75, 3.05) is 6.54 Å². The van der Waals surface area contributed by atoms with E-state index in [0.717, 1.165) is 50.0 Å². The van der Waals surface area contributed by atoms with Gasteiger partial charge >= 0.3 is 0 Å². The van der Waals surface area contributed by atoms with E-state index in [0.29, 0.717) is 21.8 Å². The molecule has 4 nitrogen and oxygen atoms in total. The molecular formula is C23H29Cl2N3O. The van der Waals surface area contributed by atoms with Gasteiger partial charge in [0.25, 0.3) is 5.91 Å². The van der Waals surface area contributed by atoms with Crippen molar-refractivity contribution < 1.29 is 4.79 Å². The number of carbonyl (C=O) groups excluding carboxylic acids is 1. The molecule has 2 aromatic rings. The van der Waals surface area contributed by atoms with Gasteiger partial charge in [0, 0.05) is 28.3 Å². The lowest BCUT2D eigenvalue weighted by Gasteiger charge is -2.39. The number of aryl methyl sites for hydroxylation is 1. The summed E-state index contributed by atoms with van der Waals surface area (Å²) in [6.07, 6.45) is 5.11. The molecule has 1 aliphatic heterocycles. The van der Waals surface area contributed by atoms with Crippen LogP contribution in [0.2, 0.25) is 10.0 Å². The number of rotatable bonds is 4. The topological polar surface area (TPSA) is 38.1 Å². The van der Waals surface area contributed by atoms with Gasteiger partial charge in [-0.3, -0.25) is 4.79 Å². The molecule has 2 heterocycles. The van der Waals surface area contributed by atoms with Crippen molar-refractivity contribution in [2.45, 2.75) is 65.8 Å². The average Bonchev–Trinajstić information content (AvgIpc) is 3.11. The van der Waals surface area contributed by atoms with Gasteiger partial charge in [0.15, 0.2) is 5.69 Å². The van der Waals surface area contributed by atoms with E-state index in [4.69, 9.17) is 28.3 Å². The highest BCUT2D eigenvalue weighted by atomic mass is 35.5. The fraction of sp³-hybridized carbons (Fsp3) is 0.565. The molecule has 4 rings (SSSR count). The standard InChI is InChI=1S/C23H29Cl2N3O/c1-5-6-17-10-20(26-28(17)18-8-15(24)7-16(25)9-18)21(29)27-14-23(4)12-19(27)11-22(2,3)13-23/h7-10,19H,5-6,11-14H2,1-4H3. The van der Waals surface area contributed by atoms with Crippen molar-refractivity contribution in [1.29, 1.82) is 0 Å². The second kappa shape index (κ2) is 7.31. The summed E-state index contributed by atoms with van der Waals surface area (Å²) >= 11 is 12.4. The Labute approximate surface area is 183 Å². The summed E-state index contributed by atoms with van der Waals surface area (Å²) in [5.41, 5.74) is 2.79. The molecule has 1 aliphatic carbocycles. The molecule has 6 heteroatoms. The zero-order chi connectivity index (χ0) is 21.0. The van der Waals surface area contributed by atoms with Gasteiger partial charge in [-0.2, -0.15) is 5.10 Å². The van der Waals surface area contributed by atoms with Crippen molar-refractivity contribution in [3.05, 3.63) is 45.7 Å². The molecule has 2 unspecified atom stereocenters. The van der Waals surface area contributed by atoms with E-state index in [2.05, 4.69) is 32.6 Å². The van der Waals surface area contributed by atoms with E-state index >= 15 is 0 Å². The predicted octanol–water partition coefficient (Wildman–Crippen LogP) is 6.17. The van der Waals surface area contributed by atoms with E-state index in [1.54, 1.807) is 6.07 Å². The van der Waals surface area contributed by atoms with E-state index < -0.39 is 0 Å². The van der Waals surface area contributed by atoms with E-state index in [1.807, 2.05) is 22.9 Å². The molecule has 2 fully saturated rings. The van der Waals surface area contributed by atoms with Crippen molar-refractivity contribution in [3.63, 3.8) is 0 Å². The summed E-state index contributed by atoms with van der Waals surface area (Å²) in [6, 6.07) is 7.61. The first-order valence-corrected chi connectivity index (χ1v) is 11.2. The molecule has 1 saturated carbocycles. The summed E-state index contributed by atoms with van der Waals surface area (Å²) in [7, 11) is 0. The van der Waals surface area contributed by atoms with Gasteiger partial charge in [0.05, 0.1) is 5.69 Å². The van der Waals surface area contributed by atoms with E-state index in [1.165, 1.54) is 0 Å². The number of aromatic nitrogens is 2. The third-order valence-electron chi connectivity index (χ3n) is 6.28.